The molecular formula is C13H28N2. The molecule has 0 aromatic heterocycles. The van der Waals surface area contributed by atoms with Gasteiger partial charge in [0.1, 0.15) is 0 Å². The summed E-state index contributed by atoms with van der Waals surface area (Å²) < 4.78 is 0. The molecule has 0 spiro atoms. The SMILES string of the molecule is CCCCC(CN)N1CCCCCC1C. The average molecular weight is 212 g/mol. The molecule has 0 aromatic rings. The molecule has 0 radical (unpaired) electrons. The molecule has 0 bridgehead atoms. The first-order valence-electron chi connectivity index (χ1n) is 6.75. The Morgan fingerprint density at radius 3 is 2.80 bits per heavy atom. The lowest BCUT2D eigenvalue weighted by atomic mass is 10.1. The van der Waals surface area contributed by atoms with Gasteiger partial charge in [0.25, 0.3) is 0 Å². The Kier molecular flexibility index (Phi) is 6.26. The second kappa shape index (κ2) is 7.24. The molecule has 1 aliphatic heterocycles. The van der Waals surface area contributed by atoms with E-state index in [-0.39, 0.29) is 0 Å². The quantitative estimate of drug-likeness (QED) is 0.759. The number of hydrogen-bond acceptors (Lipinski definition) is 2. The van der Waals surface area contributed by atoms with Crippen molar-refractivity contribution in [1.82, 2.24) is 4.90 Å². The maximum absolute atomic E-state index is 5.92. The van der Waals surface area contributed by atoms with Gasteiger partial charge < -0.3 is 5.73 Å². The number of unbranched alkanes of at least 4 members (excludes halogenated alkanes) is 1. The highest BCUT2D eigenvalue weighted by atomic mass is 15.2. The summed E-state index contributed by atoms with van der Waals surface area (Å²) >= 11 is 0. The largest absolute Gasteiger partial charge is 0.329 e. The minimum Gasteiger partial charge on any atom is -0.329 e. The number of likely N-dealkylation sites (tertiary alicyclic amines) is 1. The van der Waals surface area contributed by atoms with Crippen LogP contribution in [-0.4, -0.2) is 30.1 Å². The molecule has 0 amide bonds. The van der Waals surface area contributed by atoms with Crippen molar-refractivity contribution in [2.24, 2.45) is 5.73 Å². The van der Waals surface area contributed by atoms with Crippen LogP contribution in [0.25, 0.3) is 0 Å². The third-order valence-electron chi connectivity index (χ3n) is 3.74. The summed E-state index contributed by atoms with van der Waals surface area (Å²) in [6.07, 6.45) is 9.45. The molecule has 2 atom stereocenters. The third-order valence-corrected chi connectivity index (χ3v) is 3.74. The molecule has 2 nitrogen and oxygen atoms in total. The smallest absolute Gasteiger partial charge is 0.0221 e. The second-order valence-corrected chi connectivity index (χ2v) is 4.97. The molecule has 90 valence electrons. The third kappa shape index (κ3) is 4.12. The van der Waals surface area contributed by atoms with Gasteiger partial charge in [-0.05, 0) is 32.7 Å². The summed E-state index contributed by atoms with van der Waals surface area (Å²) in [7, 11) is 0. The average Bonchev–Trinajstić information content (AvgIpc) is 2.45. The standard InChI is InChI=1S/C13H28N2/c1-3-4-9-13(11-14)15-10-7-5-6-8-12(15)2/h12-13H,3-11,14H2,1-2H3. The Balaban J connectivity index is 2.47. The van der Waals surface area contributed by atoms with Gasteiger partial charge in [0.15, 0.2) is 0 Å². The Morgan fingerprint density at radius 2 is 2.13 bits per heavy atom. The van der Waals surface area contributed by atoms with Crippen molar-refractivity contribution in [2.45, 2.75) is 70.9 Å². The van der Waals surface area contributed by atoms with Crippen LogP contribution >= 0.6 is 0 Å². The molecule has 1 heterocycles. The monoisotopic (exact) mass is 212 g/mol. The van der Waals surface area contributed by atoms with Crippen LogP contribution in [0.1, 0.15) is 58.8 Å². The van der Waals surface area contributed by atoms with Gasteiger partial charge in [-0.3, -0.25) is 4.90 Å². The van der Waals surface area contributed by atoms with E-state index in [1.165, 1.54) is 51.5 Å². The number of hydrogen-bond donors (Lipinski definition) is 1. The van der Waals surface area contributed by atoms with E-state index in [0.717, 1.165) is 12.6 Å². The molecular weight excluding hydrogens is 184 g/mol. The first-order valence-corrected chi connectivity index (χ1v) is 6.75. The fourth-order valence-electron chi connectivity index (χ4n) is 2.70. The molecule has 0 aliphatic carbocycles. The summed E-state index contributed by atoms with van der Waals surface area (Å²) in [5.74, 6) is 0. The van der Waals surface area contributed by atoms with Crippen LogP contribution < -0.4 is 5.73 Å². The summed E-state index contributed by atoms with van der Waals surface area (Å²) in [6, 6.07) is 1.39. The molecule has 0 saturated carbocycles. The van der Waals surface area contributed by atoms with Gasteiger partial charge >= 0.3 is 0 Å². The van der Waals surface area contributed by atoms with E-state index in [9.17, 15) is 0 Å². The lowest BCUT2D eigenvalue weighted by Crippen LogP contribution is -2.45. The van der Waals surface area contributed by atoms with E-state index < -0.39 is 0 Å². The van der Waals surface area contributed by atoms with Gasteiger partial charge in [0.2, 0.25) is 0 Å². The second-order valence-electron chi connectivity index (χ2n) is 4.97. The van der Waals surface area contributed by atoms with Crippen LogP contribution in [0.15, 0.2) is 0 Å². The van der Waals surface area contributed by atoms with Crippen molar-refractivity contribution >= 4 is 0 Å². The maximum Gasteiger partial charge on any atom is 0.0221 e. The summed E-state index contributed by atoms with van der Waals surface area (Å²) in [4.78, 5) is 2.67. The molecule has 1 saturated heterocycles. The molecule has 2 unspecified atom stereocenters. The van der Waals surface area contributed by atoms with Crippen molar-refractivity contribution in [3.8, 4) is 0 Å². The van der Waals surface area contributed by atoms with Gasteiger partial charge in [0.05, 0.1) is 0 Å². The molecule has 2 heteroatoms. The van der Waals surface area contributed by atoms with E-state index >= 15 is 0 Å². The van der Waals surface area contributed by atoms with Crippen LogP contribution in [-0.2, 0) is 0 Å². The first-order chi connectivity index (χ1) is 7.29. The summed E-state index contributed by atoms with van der Waals surface area (Å²) in [6.45, 7) is 6.75. The molecule has 1 aliphatic rings. The van der Waals surface area contributed by atoms with Crippen LogP contribution in [0.4, 0.5) is 0 Å². The highest BCUT2D eigenvalue weighted by Gasteiger charge is 2.23. The lowest BCUT2D eigenvalue weighted by molar-refractivity contribution is 0.141. The van der Waals surface area contributed by atoms with Crippen LogP contribution in [0.5, 0.6) is 0 Å². The molecule has 0 aromatic carbocycles. The van der Waals surface area contributed by atoms with Crippen LogP contribution in [0.3, 0.4) is 0 Å². The molecule has 15 heavy (non-hydrogen) atoms. The highest BCUT2D eigenvalue weighted by Crippen LogP contribution is 2.20. The maximum atomic E-state index is 5.92. The van der Waals surface area contributed by atoms with Gasteiger partial charge in [-0.15, -0.1) is 0 Å². The number of nitrogens with two attached hydrogens (primary N) is 1. The van der Waals surface area contributed by atoms with Crippen molar-refractivity contribution in [3.05, 3.63) is 0 Å². The minimum absolute atomic E-state index is 0.637. The van der Waals surface area contributed by atoms with E-state index in [1.807, 2.05) is 0 Å². The van der Waals surface area contributed by atoms with E-state index in [0.29, 0.717) is 6.04 Å². The zero-order chi connectivity index (χ0) is 11.1. The van der Waals surface area contributed by atoms with Crippen molar-refractivity contribution in [1.29, 1.82) is 0 Å². The van der Waals surface area contributed by atoms with Gasteiger partial charge in [-0.25, -0.2) is 0 Å². The summed E-state index contributed by atoms with van der Waals surface area (Å²) in [5, 5.41) is 0. The zero-order valence-corrected chi connectivity index (χ0v) is 10.5. The zero-order valence-electron chi connectivity index (χ0n) is 10.5. The summed E-state index contributed by atoms with van der Waals surface area (Å²) in [5.41, 5.74) is 5.92. The Bertz CT molecular complexity index is 159. The fraction of sp³-hybridized carbons (Fsp3) is 1.00. The Morgan fingerprint density at radius 1 is 1.33 bits per heavy atom. The Hall–Kier alpha value is -0.0800. The lowest BCUT2D eigenvalue weighted by Gasteiger charge is -2.34. The van der Waals surface area contributed by atoms with E-state index in [2.05, 4.69) is 18.7 Å². The molecule has 1 rings (SSSR count). The van der Waals surface area contributed by atoms with Gasteiger partial charge in [0, 0.05) is 18.6 Å². The van der Waals surface area contributed by atoms with Crippen molar-refractivity contribution < 1.29 is 0 Å². The molecule has 2 N–H and O–H groups in total. The van der Waals surface area contributed by atoms with Gasteiger partial charge in [-0.2, -0.15) is 0 Å². The Labute approximate surface area is 95.2 Å². The van der Waals surface area contributed by atoms with Crippen LogP contribution in [0, 0.1) is 0 Å². The number of rotatable bonds is 5. The van der Waals surface area contributed by atoms with E-state index in [1.54, 1.807) is 0 Å². The molecule has 1 fully saturated rings. The normalized spacial score (nSPS) is 26.2. The highest BCUT2D eigenvalue weighted by molar-refractivity contribution is 4.79. The topological polar surface area (TPSA) is 29.3 Å². The predicted octanol–water partition coefficient (Wildman–Crippen LogP) is 2.77. The first kappa shape index (κ1) is 13.0. The minimum atomic E-state index is 0.637. The van der Waals surface area contributed by atoms with Crippen molar-refractivity contribution in [3.63, 3.8) is 0 Å². The van der Waals surface area contributed by atoms with Crippen LogP contribution in [0.2, 0.25) is 0 Å². The predicted molar refractivity (Wildman–Crippen MR) is 67.0 cm³/mol. The fourth-order valence-corrected chi connectivity index (χ4v) is 2.70. The van der Waals surface area contributed by atoms with E-state index in [4.69, 9.17) is 5.73 Å². The van der Waals surface area contributed by atoms with Crippen molar-refractivity contribution in [2.75, 3.05) is 13.1 Å². The van der Waals surface area contributed by atoms with Gasteiger partial charge in [-0.1, -0.05) is 32.6 Å². The number of nitrogens with zero attached hydrogens (tertiary/aromatic N) is 1.